The highest BCUT2D eigenvalue weighted by Gasteiger charge is 2.31. The summed E-state index contributed by atoms with van der Waals surface area (Å²) in [6, 6.07) is 5.23. The Labute approximate surface area is 124 Å². The minimum absolute atomic E-state index is 0.158. The van der Waals surface area contributed by atoms with Crippen LogP contribution in [0.3, 0.4) is 0 Å². The lowest BCUT2D eigenvalue weighted by molar-refractivity contribution is -0.122. The summed E-state index contributed by atoms with van der Waals surface area (Å²) < 4.78 is 0. The van der Waals surface area contributed by atoms with Crippen LogP contribution in [0.2, 0.25) is 0 Å². The van der Waals surface area contributed by atoms with E-state index in [1.54, 1.807) is 12.1 Å². The van der Waals surface area contributed by atoms with E-state index < -0.39 is 6.10 Å². The monoisotopic (exact) mass is 290 g/mol. The minimum atomic E-state index is -0.558. The first-order chi connectivity index (χ1) is 10.0. The molecule has 1 aliphatic rings. The van der Waals surface area contributed by atoms with Gasteiger partial charge in [0, 0.05) is 17.8 Å². The van der Waals surface area contributed by atoms with E-state index in [0.29, 0.717) is 30.6 Å². The number of rotatable bonds is 4. The number of carbonyl (C=O) groups is 2. The number of benzene rings is 1. The lowest BCUT2D eigenvalue weighted by Gasteiger charge is -2.16. The van der Waals surface area contributed by atoms with Crippen molar-refractivity contribution in [1.29, 1.82) is 0 Å². The molecule has 21 heavy (non-hydrogen) atoms. The third kappa shape index (κ3) is 3.61. The number of carbonyl (C=O) groups excluding carboxylic acids is 2. The van der Waals surface area contributed by atoms with Crippen LogP contribution in [0.4, 0.5) is 5.69 Å². The summed E-state index contributed by atoms with van der Waals surface area (Å²) in [5.74, 6) is -0.678. The van der Waals surface area contributed by atoms with Gasteiger partial charge in [-0.15, -0.1) is 0 Å². The van der Waals surface area contributed by atoms with Gasteiger partial charge in [0.15, 0.2) is 0 Å². The largest absolute Gasteiger partial charge is 0.392 e. The molecule has 1 aliphatic carbocycles. The van der Waals surface area contributed by atoms with Crippen LogP contribution >= 0.6 is 0 Å². The molecule has 2 unspecified atom stereocenters. The van der Waals surface area contributed by atoms with Gasteiger partial charge >= 0.3 is 0 Å². The SMILES string of the molecule is CCNC(=O)c1ccc(C)c(NC(=O)C2CCCC2O)c1. The summed E-state index contributed by atoms with van der Waals surface area (Å²) in [5, 5.41) is 15.4. The van der Waals surface area contributed by atoms with Crippen LogP contribution in [0.5, 0.6) is 0 Å². The van der Waals surface area contributed by atoms with Crippen LogP contribution in [0.1, 0.15) is 42.1 Å². The van der Waals surface area contributed by atoms with Gasteiger partial charge in [-0.25, -0.2) is 0 Å². The Morgan fingerprint density at radius 3 is 2.71 bits per heavy atom. The Balaban J connectivity index is 2.13. The summed E-state index contributed by atoms with van der Waals surface area (Å²) in [7, 11) is 0. The molecular formula is C16H22N2O3. The van der Waals surface area contributed by atoms with Gasteiger partial charge in [0.1, 0.15) is 0 Å². The number of aliphatic hydroxyl groups is 1. The Kier molecular flexibility index (Phi) is 4.96. The summed E-state index contributed by atoms with van der Waals surface area (Å²) in [6.07, 6.45) is 1.70. The maximum absolute atomic E-state index is 12.2. The zero-order valence-electron chi connectivity index (χ0n) is 12.5. The normalized spacial score (nSPS) is 21.1. The molecule has 2 atom stereocenters. The number of aryl methyl sites for hydroxylation is 1. The Hall–Kier alpha value is -1.88. The van der Waals surface area contributed by atoms with Gasteiger partial charge in [-0.3, -0.25) is 9.59 Å². The molecule has 1 fully saturated rings. The zero-order chi connectivity index (χ0) is 15.4. The standard InChI is InChI=1S/C16H22N2O3/c1-3-17-15(20)11-8-7-10(2)13(9-11)18-16(21)12-5-4-6-14(12)19/h7-9,12,14,19H,3-6H2,1-2H3,(H,17,20)(H,18,21). The highest BCUT2D eigenvalue weighted by atomic mass is 16.3. The fourth-order valence-electron chi connectivity index (χ4n) is 2.63. The summed E-state index contributed by atoms with van der Waals surface area (Å²) in [4.78, 5) is 24.1. The van der Waals surface area contributed by atoms with Gasteiger partial charge in [-0.1, -0.05) is 6.07 Å². The molecule has 0 bridgehead atoms. The molecular weight excluding hydrogens is 268 g/mol. The quantitative estimate of drug-likeness (QED) is 0.792. The van der Waals surface area contributed by atoms with E-state index in [0.717, 1.165) is 12.0 Å². The maximum atomic E-state index is 12.2. The molecule has 5 nitrogen and oxygen atoms in total. The van der Waals surface area contributed by atoms with Crippen molar-refractivity contribution < 1.29 is 14.7 Å². The molecule has 2 amide bonds. The van der Waals surface area contributed by atoms with Crippen molar-refractivity contribution in [2.75, 3.05) is 11.9 Å². The van der Waals surface area contributed by atoms with Crippen LogP contribution in [-0.4, -0.2) is 29.6 Å². The topological polar surface area (TPSA) is 78.4 Å². The van der Waals surface area contributed by atoms with Crippen molar-refractivity contribution in [3.8, 4) is 0 Å². The van der Waals surface area contributed by atoms with E-state index >= 15 is 0 Å². The predicted octanol–water partition coefficient (Wildman–Crippen LogP) is 1.84. The number of anilines is 1. The summed E-state index contributed by atoms with van der Waals surface area (Å²) in [5.41, 5.74) is 2.04. The molecule has 114 valence electrons. The van der Waals surface area contributed by atoms with E-state index in [1.165, 1.54) is 0 Å². The maximum Gasteiger partial charge on any atom is 0.251 e. The number of hydrogen-bond donors (Lipinski definition) is 3. The Morgan fingerprint density at radius 2 is 2.10 bits per heavy atom. The van der Waals surface area contributed by atoms with E-state index in [2.05, 4.69) is 10.6 Å². The van der Waals surface area contributed by atoms with Crippen LogP contribution < -0.4 is 10.6 Å². The Bertz CT molecular complexity index is 542. The predicted molar refractivity (Wildman–Crippen MR) is 81.2 cm³/mol. The fourth-order valence-corrected chi connectivity index (χ4v) is 2.63. The third-order valence-corrected chi connectivity index (χ3v) is 3.91. The molecule has 1 aromatic carbocycles. The second-order valence-electron chi connectivity index (χ2n) is 5.48. The molecule has 3 N–H and O–H groups in total. The molecule has 2 rings (SSSR count). The van der Waals surface area contributed by atoms with Crippen LogP contribution in [-0.2, 0) is 4.79 Å². The van der Waals surface area contributed by atoms with E-state index in [9.17, 15) is 14.7 Å². The van der Waals surface area contributed by atoms with Gasteiger partial charge in [0.05, 0.1) is 12.0 Å². The van der Waals surface area contributed by atoms with Crippen LogP contribution in [0, 0.1) is 12.8 Å². The fraction of sp³-hybridized carbons (Fsp3) is 0.500. The van der Waals surface area contributed by atoms with Crippen molar-refractivity contribution in [3.63, 3.8) is 0 Å². The molecule has 0 spiro atoms. The highest BCUT2D eigenvalue weighted by Crippen LogP contribution is 2.27. The van der Waals surface area contributed by atoms with Crippen molar-refractivity contribution in [3.05, 3.63) is 29.3 Å². The van der Waals surface area contributed by atoms with Crippen LogP contribution in [0.15, 0.2) is 18.2 Å². The molecule has 0 aromatic heterocycles. The molecule has 0 radical (unpaired) electrons. The number of nitrogens with one attached hydrogen (secondary N) is 2. The zero-order valence-corrected chi connectivity index (χ0v) is 12.5. The second-order valence-corrected chi connectivity index (χ2v) is 5.48. The summed E-state index contributed by atoms with van der Waals surface area (Å²) >= 11 is 0. The summed E-state index contributed by atoms with van der Waals surface area (Å²) in [6.45, 7) is 4.29. The van der Waals surface area contributed by atoms with E-state index in [4.69, 9.17) is 0 Å². The van der Waals surface area contributed by atoms with E-state index in [1.807, 2.05) is 19.9 Å². The molecule has 1 saturated carbocycles. The second kappa shape index (κ2) is 6.72. The smallest absolute Gasteiger partial charge is 0.251 e. The first-order valence-corrected chi connectivity index (χ1v) is 7.40. The molecule has 0 saturated heterocycles. The highest BCUT2D eigenvalue weighted by molar-refractivity contribution is 5.98. The van der Waals surface area contributed by atoms with E-state index in [-0.39, 0.29) is 17.7 Å². The van der Waals surface area contributed by atoms with Gasteiger partial charge in [-0.2, -0.15) is 0 Å². The van der Waals surface area contributed by atoms with Gasteiger partial charge in [0.25, 0.3) is 5.91 Å². The lowest BCUT2D eigenvalue weighted by atomic mass is 10.0. The van der Waals surface area contributed by atoms with Crippen molar-refractivity contribution >= 4 is 17.5 Å². The number of amides is 2. The average molecular weight is 290 g/mol. The van der Waals surface area contributed by atoms with Crippen molar-refractivity contribution in [2.45, 2.75) is 39.2 Å². The first kappa shape index (κ1) is 15.5. The first-order valence-electron chi connectivity index (χ1n) is 7.40. The average Bonchev–Trinajstić information content (AvgIpc) is 2.87. The lowest BCUT2D eigenvalue weighted by Crippen LogP contribution is -2.29. The van der Waals surface area contributed by atoms with Crippen molar-refractivity contribution in [1.82, 2.24) is 5.32 Å². The van der Waals surface area contributed by atoms with Crippen LogP contribution in [0.25, 0.3) is 0 Å². The molecule has 0 aliphatic heterocycles. The molecule has 0 heterocycles. The molecule has 5 heteroatoms. The third-order valence-electron chi connectivity index (χ3n) is 3.91. The molecule has 1 aromatic rings. The Morgan fingerprint density at radius 1 is 1.33 bits per heavy atom. The number of aliphatic hydroxyl groups excluding tert-OH is 1. The number of hydrogen-bond acceptors (Lipinski definition) is 3. The van der Waals surface area contributed by atoms with Gasteiger partial charge in [0.2, 0.25) is 5.91 Å². The van der Waals surface area contributed by atoms with Crippen molar-refractivity contribution in [2.24, 2.45) is 5.92 Å². The van der Waals surface area contributed by atoms with Gasteiger partial charge in [-0.05, 0) is 50.8 Å². The minimum Gasteiger partial charge on any atom is -0.392 e. The van der Waals surface area contributed by atoms with Gasteiger partial charge < -0.3 is 15.7 Å².